The maximum atomic E-state index is 13.2. The van der Waals surface area contributed by atoms with Crippen LogP contribution >= 0.6 is 0 Å². The molecule has 28 heavy (non-hydrogen) atoms. The number of carbonyl (C=O) groups is 1. The largest absolute Gasteiger partial charge is 0.496 e. The van der Waals surface area contributed by atoms with Crippen molar-refractivity contribution in [1.82, 2.24) is 25.1 Å². The van der Waals surface area contributed by atoms with E-state index in [2.05, 4.69) is 15.4 Å². The molecular weight excluding hydrogens is 361 g/mol. The summed E-state index contributed by atoms with van der Waals surface area (Å²) in [5.74, 6) is 0.626. The zero-order valence-electron chi connectivity index (χ0n) is 15.7. The lowest BCUT2D eigenvalue weighted by Gasteiger charge is -2.33. The number of nitrogens with zero attached hydrogens (tertiary/aromatic N) is 5. The lowest BCUT2D eigenvalue weighted by molar-refractivity contribution is -0.135. The predicted octanol–water partition coefficient (Wildman–Crippen LogP) is 2.94. The monoisotopic (exact) mass is 383 g/mol. The molecule has 7 nitrogen and oxygen atoms in total. The average molecular weight is 383 g/mol. The van der Waals surface area contributed by atoms with Gasteiger partial charge in [0.05, 0.1) is 24.6 Å². The molecule has 1 aromatic carbocycles. The van der Waals surface area contributed by atoms with E-state index in [9.17, 15) is 9.18 Å². The predicted molar refractivity (Wildman–Crippen MR) is 101 cm³/mol. The Bertz CT molecular complexity index is 923. The first-order valence-electron chi connectivity index (χ1n) is 9.41. The van der Waals surface area contributed by atoms with Gasteiger partial charge in [-0.2, -0.15) is 4.80 Å². The number of ether oxygens (including phenoxy) is 1. The fraction of sp³-hybridized carbons (Fsp3) is 0.400. The van der Waals surface area contributed by atoms with E-state index in [1.54, 1.807) is 18.0 Å². The number of allylic oxidation sites excluding steroid dienone is 3. The number of amides is 1. The van der Waals surface area contributed by atoms with Crippen LogP contribution in [0.25, 0.3) is 11.4 Å². The van der Waals surface area contributed by atoms with Crippen LogP contribution in [-0.2, 0) is 4.79 Å². The molecule has 146 valence electrons. The summed E-state index contributed by atoms with van der Waals surface area (Å²) < 4.78 is 18.5. The van der Waals surface area contributed by atoms with Crippen LogP contribution in [0, 0.1) is 5.92 Å². The van der Waals surface area contributed by atoms with Crippen LogP contribution in [0.4, 0.5) is 4.39 Å². The summed E-state index contributed by atoms with van der Waals surface area (Å²) in [6.45, 7) is 1.22. The Morgan fingerprint density at radius 2 is 2.18 bits per heavy atom. The summed E-state index contributed by atoms with van der Waals surface area (Å²) in [5.41, 5.74) is 0.779. The zero-order chi connectivity index (χ0) is 19.5. The molecule has 0 radical (unpaired) electrons. The second kappa shape index (κ2) is 7.92. The van der Waals surface area contributed by atoms with Crippen molar-refractivity contribution in [3.8, 4) is 17.1 Å². The van der Waals surface area contributed by atoms with Gasteiger partial charge in [0.2, 0.25) is 11.7 Å². The van der Waals surface area contributed by atoms with Crippen LogP contribution in [0.5, 0.6) is 5.75 Å². The highest BCUT2D eigenvalue weighted by Gasteiger charge is 2.30. The number of piperidine rings is 1. The Kier molecular flexibility index (Phi) is 5.18. The van der Waals surface area contributed by atoms with Gasteiger partial charge in [0.15, 0.2) is 0 Å². The second-order valence-electron chi connectivity index (χ2n) is 7.00. The van der Waals surface area contributed by atoms with E-state index in [4.69, 9.17) is 4.74 Å². The molecule has 1 amide bonds. The van der Waals surface area contributed by atoms with Crippen molar-refractivity contribution >= 4 is 5.91 Å². The summed E-state index contributed by atoms with van der Waals surface area (Å²) in [4.78, 5) is 16.2. The lowest BCUT2D eigenvalue weighted by Crippen LogP contribution is -2.43. The number of rotatable bonds is 4. The topological polar surface area (TPSA) is 73.1 Å². The van der Waals surface area contributed by atoms with Gasteiger partial charge in [-0.15, -0.1) is 10.2 Å². The van der Waals surface area contributed by atoms with E-state index in [0.29, 0.717) is 31.1 Å². The molecular formula is C20H22FN5O2. The molecule has 4 rings (SSSR count). The molecule has 0 saturated carbocycles. The number of methoxy groups -OCH3 is 1. The van der Waals surface area contributed by atoms with Crippen molar-refractivity contribution in [1.29, 1.82) is 0 Å². The molecule has 1 unspecified atom stereocenters. The Balaban J connectivity index is 1.47. The number of likely N-dealkylation sites (tertiary alicyclic amines) is 1. The number of hydrogen-bond donors (Lipinski definition) is 0. The summed E-state index contributed by atoms with van der Waals surface area (Å²) >= 11 is 0. The van der Waals surface area contributed by atoms with Crippen LogP contribution in [-0.4, -0.2) is 51.2 Å². The highest BCUT2D eigenvalue weighted by molar-refractivity contribution is 5.81. The molecule has 2 atom stereocenters. The van der Waals surface area contributed by atoms with Gasteiger partial charge < -0.3 is 9.64 Å². The molecule has 8 heteroatoms. The minimum Gasteiger partial charge on any atom is -0.496 e. The normalized spacial score (nSPS) is 22.1. The third kappa shape index (κ3) is 3.67. The van der Waals surface area contributed by atoms with Crippen LogP contribution in [0.3, 0.4) is 0 Å². The number of halogens is 1. The third-order valence-corrected chi connectivity index (χ3v) is 5.18. The van der Waals surface area contributed by atoms with Gasteiger partial charge in [-0.05, 0) is 48.8 Å². The maximum Gasteiger partial charge on any atom is 0.229 e. The SMILES string of the molecule is COc1ccccc1-c1nnn([C@H]2CCCN(C(=O)C3C=CC(F)=CC3)C2)n1. The summed E-state index contributed by atoms with van der Waals surface area (Å²) in [6, 6.07) is 7.49. The molecule has 1 aliphatic carbocycles. The minimum absolute atomic E-state index is 0.0229. The molecule has 1 fully saturated rings. The fourth-order valence-corrected chi connectivity index (χ4v) is 3.67. The highest BCUT2D eigenvalue weighted by Crippen LogP contribution is 2.28. The van der Waals surface area contributed by atoms with E-state index in [0.717, 1.165) is 18.4 Å². The zero-order valence-corrected chi connectivity index (χ0v) is 15.7. The molecule has 0 N–H and O–H groups in total. The van der Waals surface area contributed by atoms with Gasteiger partial charge in [-0.1, -0.05) is 18.2 Å². The number of hydrogen-bond acceptors (Lipinski definition) is 5. The van der Waals surface area contributed by atoms with E-state index in [1.807, 2.05) is 29.2 Å². The first-order chi connectivity index (χ1) is 13.7. The molecule has 0 bridgehead atoms. The van der Waals surface area contributed by atoms with Crippen LogP contribution in [0.2, 0.25) is 0 Å². The first kappa shape index (κ1) is 18.3. The average Bonchev–Trinajstić information content (AvgIpc) is 3.24. The van der Waals surface area contributed by atoms with Gasteiger partial charge in [0, 0.05) is 13.1 Å². The van der Waals surface area contributed by atoms with Crippen LogP contribution in [0.1, 0.15) is 25.3 Å². The second-order valence-corrected chi connectivity index (χ2v) is 7.00. The van der Waals surface area contributed by atoms with Gasteiger partial charge in [0.1, 0.15) is 11.6 Å². The fourth-order valence-electron chi connectivity index (χ4n) is 3.67. The number of benzene rings is 1. The first-order valence-corrected chi connectivity index (χ1v) is 9.41. The molecule has 1 saturated heterocycles. The number of carbonyl (C=O) groups excluding carboxylic acids is 1. The molecule has 2 heterocycles. The Hall–Kier alpha value is -3.03. The Morgan fingerprint density at radius 1 is 1.32 bits per heavy atom. The summed E-state index contributed by atoms with van der Waals surface area (Å²) in [6.07, 6.45) is 6.62. The summed E-state index contributed by atoms with van der Waals surface area (Å²) in [7, 11) is 1.61. The number of para-hydroxylation sites is 1. The van der Waals surface area contributed by atoms with Crippen molar-refractivity contribution in [2.24, 2.45) is 5.92 Å². The van der Waals surface area contributed by atoms with Gasteiger partial charge in [0.25, 0.3) is 0 Å². The van der Waals surface area contributed by atoms with E-state index in [-0.39, 0.29) is 23.7 Å². The smallest absolute Gasteiger partial charge is 0.229 e. The quantitative estimate of drug-likeness (QED) is 0.812. The molecule has 1 aliphatic heterocycles. The number of aromatic nitrogens is 4. The van der Waals surface area contributed by atoms with Gasteiger partial charge in [-0.25, -0.2) is 4.39 Å². The maximum absolute atomic E-state index is 13.2. The van der Waals surface area contributed by atoms with Crippen LogP contribution < -0.4 is 4.74 Å². The Morgan fingerprint density at radius 3 is 2.96 bits per heavy atom. The van der Waals surface area contributed by atoms with Crippen molar-refractivity contribution in [2.75, 3.05) is 20.2 Å². The van der Waals surface area contributed by atoms with Crippen molar-refractivity contribution < 1.29 is 13.9 Å². The van der Waals surface area contributed by atoms with Crippen molar-refractivity contribution in [3.05, 3.63) is 48.3 Å². The Labute approximate surface area is 162 Å². The molecule has 1 aromatic heterocycles. The van der Waals surface area contributed by atoms with Crippen LogP contribution in [0.15, 0.2) is 48.3 Å². The molecule has 2 aromatic rings. The third-order valence-electron chi connectivity index (χ3n) is 5.18. The molecule has 0 spiro atoms. The van der Waals surface area contributed by atoms with Gasteiger partial charge >= 0.3 is 0 Å². The summed E-state index contributed by atoms with van der Waals surface area (Å²) in [5, 5.41) is 12.9. The molecule has 2 aliphatic rings. The lowest BCUT2D eigenvalue weighted by atomic mass is 9.97. The van der Waals surface area contributed by atoms with E-state index in [1.165, 1.54) is 12.2 Å². The number of tetrazole rings is 1. The minimum atomic E-state index is -0.300. The van der Waals surface area contributed by atoms with Crippen molar-refractivity contribution in [2.45, 2.75) is 25.3 Å². The van der Waals surface area contributed by atoms with E-state index < -0.39 is 0 Å². The van der Waals surface area contributed by atoms with Crippen molar-refractivity contribution in [3.63, 3.8) is 0 Å². The standard InChI is InChI=1S/C20H22FN5O2/c1-28-18-7-3-2-6-17(18)19-22-24-26(23-19)16-5-4-12-25(13-16)20(27)14-8-10-15(21)11-9-14/h2-3,6-8,10-11,14,16H,4-5,9,12-13H2,1H3/t14?,16-/m0/s1. The van der Waals surface area contributed by atoms with Gasteiger partial charge in [-0.3, -0.25) is 4.79 Å². The van der Waals surface area contributed by atoms with E-state index >= 15 is 0 Å². The highest BCUT2D eigenvalue weighted by atomic mass is 19.1.